The van der Waals surface area contributed by atoms with E-state index < -0.39 is 5.60 Å². The van der Waals surface area contributed by atoms with E-state index in [1.807, 2.05) is 20.8 Å². The molecule has 1 aliphatic rings. The topological polar surface area (TPSA) is 75.9 Å². The molecule has 1 aliphatic heterocycles. The molecule has 2 N–H and O–H groups in total. The molecule has 0 spiro atoms. The van der Waals surface area contributed by atoms with E-state index in [9.17, 15) is 9.59 Å². The number of amides is 2. The van der Waals surface area contributed by atoms with Crippen LogP contribution in [-0.2, 0) is 9.53 Å². The summed E-state index contributed by atoms with van der Waals surface area (Å²) < 4.78 is 5.40. The molecule has 128 valence electrons. The number of hydrogen-bond donors (Lipinski definition) is 1. The van der Waals surface area contributed by atoms with Gasteiger partial charge in [0.1, 0.15) is 5.60 Å². The van der Waals surface area contributed by atoms with Crippen LogP contribution in [0.2, 0.25) is 0 Å². The Morgan fingerprint density at radius 2 is 2.00 bits per heavy atom. The van der Waals surface area contributed by atoms with Crippen LogP contribution in [0.25, 0.3) is 0 Å². The van der Waals surface area contributed by atoms with E-state index in [-0.39, 0.29) is 18.0 Å². The van der Waals surface area contributed by atoms with Crippen molar-refractivity contribution >= 4 is 12.0 Å². The van der Waals surface area contributed by atoms with E-state index in [1.165, 1.54) is 0 Å². The molecule has 22 heavy (non-hydrogen) atoms. The Morgan fingerprint density at radius 1 is 1.36 bits per heavy atom. The lowest BCUT2D eigenvalue weighted by Gasteiger charge is -2.26. The molecular weight excluding hydrogens is 282 g/mol. The van der Waals surface area contributed by atoms with E-state index >= 15 is 0 Å². The molecule has 0 aromatic rings. The lowest BCUT2D eigenvalue weighted by molar-refractivity contribution is -0.119. The SMILES string of the molecule is CC(C)N(CC[C@@H]1CCN(C(=O)OC(C)(C)C)C1)CC(N)=O. The predicted octanol–water partition coefficient (Wildman–Crippen LogP) is 1.83. The van der Waals surface area contributed by atoms with Crippen molar-refractivity contribution in [1.82, 2.24) is 9.80 Å². The highest BCUT2D eigenvalue weighted by Crippen LogP contribution is 2.22. The summed E-state index contributed by atoms with van der Waals surface area (Å²) in [6, 6.07) is 0.288. The Kier molecular flexibility index (Phi) is 6.66. The van der Waals surface area contributed by atoms with Gasteiger partial charge in [-0.3, -0.25) is 9.69 Å². The predicted molar refractivity (Wildman–Crippen MR) is 86.4 cm³/mol. The standard InChI is InChI=1S/C16H31N3O3/c1-12(2)18(11-14(17)20)8-6-13-7-9-19(10-13)15(21)22-16(3,4)5/h12-13H,6-11H2,1-5H3,(H2,17,20)/t13-/m1/s1. The highest BCUT2D eigenvalue weighted by molar-refractivity contribution is 5.75. The smallest absolute Gasteiger partial charge is 0.410 e. The number of ether oxygens (including phenoxy) is 1. The lowest BCUT2D eigenvalue weighted by atomic mass is 10.0. The molecule has 1 saturated heterocycles. The number of nitrogens with two attached hydrogens (primary N) is 1. The van der Waals surface area contributed by atoms with Gasteiger partial charge in [0.2, 0.25) is 5.91 Å². The minimum atomic E-state index is -0.453. The van der Waals surface area contributed by atoms with E-state index in [2.05, 4.69) is 18.7 Å². The maximum atomic E-state index is 12.0. The first-order valence-corrected chi connectivity index (χ1v) is 8.08. The summed E-state index contributed by atoms with van der Waals surface area (Å²) in [6.45, 7) is 12.4. The molecule has 0 bridgehead atoms. The number of likely N-dealkylation sites (tertiary alicyclic amines) is 1. The van der Waals surface area contributed by atoms with Gasteiger partial charge in [-0.1, -0.05) is 0 Å². The van der Waals surface area contributed by atoms with Crippen molar-refractivity contribution in [3.63, 3.8) is 0 Å². The van der Waals surface area contributed by atoms with Gasteiger partial charge in [-0.15, -0.1) is 0 Å². The minimum absolute atomic E-state index is 0.229. The molecule has 6 heteroatoms. The lowest BCUT2D eigenvalue weighted by Crippen LogP contribution is -2.40. The van der Waals surface area contributed by atoms with Crippen molar-refractivity contribution in [2.45, 2.75) is 59.1 Å². The van der Waals surface area contributed by atoms with Crippen molar-refractivity contribution in [3.8, 4) is 0 Å². The molecular formula is C16H31N3O3. The van der Waals surface area contributed by atoms with Gasteiger partial charge in [0, 0.05) is 19.1 Å². The maximum Gasteiger partial charge on any atom is 0.410 e. The van der Waals surface area contributed by atoms with Crippen LogP contribution in [0.15, 0.2) is 0 Å². The highest BCUT2D eigenvalue weighted by Gasteiger charge is 2.30. The summed E-state index contributed by atoms with van der Waals surface area (Å²) in [6.07, 6.45) is 1.72. The van der Waals surface area contributed by atoms with Crippen LogP contribution in [-0.4, -0.2) is 59.6 Å². The molecule has 0 saturated carbocycles. The van der Waals surface area contributed by atoms with Gasteiger partial charge in [-0.25, -0.2) is 4.79 Å². The Balaban J connectivity index is 2.40. The average Bonchev–Trinajstić information content (AvgIpc) is 2.80. The van der Waals surface area contributed by atoms with Gasteiger partial charge in [0.15, 0.2) is 0 Å². The van der Waals surface area contributed by atoms with Gasteiger partial charge in [-0.2, -0.15) is 0 Å². The van der Waals surface area contributed by atoms with Crippen molar-refractivity contribution < 1.29 is 14.3 Å². The molecule has 0 radical (unpaired) electrons. The largest absolute Gasteiger partial charge is 0.444 e. The van der Waals surface area contributed by atoms with E-state index in [4.69, 9.17) is 10.5 Å². The van der Waals surface area contributed by atoms with Gasteiger partial charge >= 0.3 is 6.09 Å². The van der Waals surface area contributed by atoms with E-state index in [0.29, 0.717) is 12.5 Å². The van der Waals surface area contributed by atoms with Crippen molar-refractivity contribution in [3.05, 3.63) is 0 Å². The fourth-order valence-electron chi connectivity index (χ4n) is 2.63. The average molecular weight is 313 g/mol. The van der Waals surface area contributed by atoms with E-state index in [0.717, 1.165) is 32.5 Å². The fourth-order valence-corrected chi connectivity index (χ4v) is 2.63. The minimum Gasteiger partial charge on any atom is -0.444 e. The summed E-state index contributed by atoms with van der Waals surface area (Å²) in [5.74, 6) is 0.164. The second kappa shape index (κ2) is 7.81. The highest BCUT2D eigenvalue weighted by atomic mass is 16.6. The first kappa shape index (κ1) is 18.7. The second-order valence-electron chi connectivity index (χ2n) is 7.40. The van der Waals surface area contributed by atoms with Crippen LogP contribution in [0.5, 0.6) is 0 Å². The molecule has 6 nitrogen and oxygen atoms in total. The third-order valence-corrected chi connectivity index (χ3v) is 3.85. The molecule has 1 heterocycles. The zero-order chi connectivity index (χ0) is 16.9. The molecule has 1 rings (SSSR count). The van der Waals surface area contributed by atoms with Gasteiger partial charge in [-0.05, 0) is 59.9 Å². The van der Waals surface area contributed by atoms with Crippen LogP contribution >= 0.6 is 0 Å². The van der Waals surface area contributed by atoms with Crippen LogP contribution in [0.1, 0.15) is 47.5 Å². The number of rotatable bonds is 6. The third-order valence-electron chi connectivity index (χ3n) is 3.85. The second-order valence-corrected chi connectivity index (χ2v) is 7.40. The summed E-state index contributed by atoms with van der Waals surface area (Å²) in [5.41, 5.74) is 4.83. The van der Waals surface area contributed by atoms with Crippen molar-refractivity contribution in [2.24, 2.45) is 11.7 Å². The molecule has 1 fully saturated rings. The van der Waals surface area contributed by atoms with E-state index in [1.54, 1.807) is 4.90 Å². The zero-order valence-electron chi connectivity index (χ0n) is 14.6. The Labute approximate surface area is 134 Å². The number of nitrogens with zero attached hydrogens (tertiary/aromatic N) is 2. The van der Waals surface area contributed by atoms with Gasteiger partial charge in [0.05, 0.1) is 6.54 Å². The third kappa shape index (κ3) is 6.64. The summed E-state index contributed by atoms with van der Waals surface area (Å²) in [5, 5.41) is 0. The van der Waals surface area contributed by atoms with Crippen LogP contribution in [0.3, 0.4) is 0 Å². The number of carbonyl (C=O) groups excluding carboxylic acids is 2. The normalized spacial score (nSPS) is 19.0. The Hall–Kier alpha value is -1.30. The molecule has 1 atom stereocenters. The molecule has 0 unspecified atom stereocenters. The quantitative estimate of drug-likeness (QED) is 0.811. The molecule has 2 amide bonds. The molecule has 0 aromatic heterocycles. The monoisotopic (exact) mass is 313 g/mol. The van der Waals surface area contributed by atoms with Crippen molar-refractivity contribution in [1.29, 1.82) is 0 Å². The van der Waals surface area contributed by atoms with Gasteiger partial charge < -0.3 is 15.4 Å². The summed E-state index contributed by atoms with van der Waals surface area (Å²) in [7, 11) is 0. The zero-order valence-corrected chi connectivity index (χ0v) is 14.6. The summed E-state index contributed by atoms with van der Waals surface area (Å²) in [4.78, 5) is 27.0. The van der Waals surface area contributed by atoms with Crippen LogP contribution in [0, 0.1) is 5.92 Å². The number of carbonyl (C=O) groups is 2. The number of hydrogen-bond acceptors (Lipinski definition) is 4. The van der Waals surface area contributed by atoms with Crippen LogP contribution < -0.4 is 5.73 Å². The van der Waals surface area contributed by atoms with Crippen LogP contribution in [0.4, 0.5) is 4.79 Å². The number of primary amides is 1. The first-order valence-electron chi connectivity index (χ1n) is 8.08. The Morgan fingerprint density at radius 3 is 2.50 bits per heavy atom. The fraction of sp³-hybridized carbons (Fsp3) is 0.875. The molecule has 0 aliphatic carbocycles. The summed E-state index contributed by atoms with van der Waals surface area (Å²) >= 11 is 0. The first-order chi connectivity index (χ1) is 10.1. The van der Waals surface area contributed by atoms with Crippen molar-refractivity contribution in [2.75, 3.05) is 26.2 Å². The maximum absolute atomic E-state index is 12.0. The van der Waals surface area contributed by atoms with Gasteiger partial charge in [0.25, 0.3) is 0 Å². The molecule has 0 aromatic carbocycles. The Bertz CT molecular complexity index is 391.